The first-order valence-electron chi connectivity index (χ1n) is 7.18. The second-order valence-corrected chi connectivity index (χ2v) is 6.85. The normalized spacial score (nSPS) is 11.5. The number of nitrogens with one attached hydrogen (secondary N) is 1. The zero-order chi connectivity index (χ0) is 17.0. The molecule has 2 aromatic rings. The van der Waals surface area contributed by atoms with Crippen LogP contribution in [0.2, 0.25) is 0 Å². The maximum absolute atomic E-state index is 12.2. The molecule has 0 aliphatic rings. The summed E-state index contributed by atoms with van der Waals surface area (Å²) < 4.78 is 33.5. The summed E-state index contributed by atoms with van der Waals surface area (Å²) in [6, 6.07) is 6.05. The molecule has 0 bridgehead atoms. The van der Waals surface area contributed by atoms with E-state index >= 15 is 0 Å². The summed E-state index contributed by atoms with van der Waals surface area (Å²) in [6.45, 7) is 5.97. The first-order chi connectivity index (χ1) is 10.8. The lowest BCUT2D eigenvalue weighted by Crippen LogP contribution is -2.13. The number of anilines is 1. The molecule has 1 aromatic carbocycles. The van der Waals surface area contributed by atoms with Gasteiger partial charge in [-0.15, -0.1) is 0 Å². The maximum atomic E-state index is 12.2. The van der Waals surface area contributed by atoms with Crippen LogP contribution in [0.25, 0.3) is 0 Å². The van der Waals surface area contributed by atoms with Crippen LogP contribution in [-0.2, 0) is 21.3 Å². The van der Waals surface area contributed by atoms with Crippen molar-refractivity contribution in [2.45, 2.75) is 38.3 Å². The zero-order valence-corrected chi connectivity index (χ0v) is 14.0. The fourth-order valence-corrected chi connectivity index (χ4v) is 2.84. The van der Waals surface area contributed by atoms with E-state index in [9.17, 15) is 13.2 Å². The summed E-state index contributed by atoms with van der Waals surface area (Å²) in [5, 5.41) is 3.94. The van der Waals surface area contributed by atoms with Crippen molar-refractivity contribution in [3.05, 3.63) is 42.2 Å². The Hall–Kier alpha value is -2.35. The Morgan fingerprint density at radius 2 is 1.96 bits per heavy atom. The molecule has 0 atom stereocenters. The Labute approximate surface area is 135 Å². The van der Waals surface area contributed by atoms with Gasteiger partial charge in [0.05, 0.1) is 17.9 Å². The van der Waals surface area contributed by atoms with Gasteiger partial charge in [-0.1, -0.05) is 0 Å². The van der Waals surface area contributed by atoms with Crippen LogP contribution in [0.15, 0.2) is 41.6 Å². The highest BCUT2D eigenvalue weighted by molar-refractivity contribution is 7.92. The van der Waals surface area contributed by atoms with Gasteiger partial charge in [0.15, 0.2) is 0 Å². The lowest BCUT2D eigenvalue weighted by molar-refractivity contribution is 0.0378. The maximum Gasteiger partial charge on any atom is 0.338 e. The fraction of sp³-hybridized carbons (Fsp3) is 0.333. The molecule has 0 amide bonds. The third kappa shape index (κ3) is 4.32. The molecule has 23 heavy (non-hydrogen) atoms. The number of aromatic nitrogens is 2. The molecule has 0 spiro atoms. The molecule has 0 saturated carbocycles. The summed E-state index contributed by atoms with van der Waals surface area (Å²) in [5.74, 6) is -0.446. The highest BCUT2D eigenvalue weighted by atomic mass is 32.2. The number of benzene rings is 1. The Bertz CT molecular complexity index is 779. The van der Waals surface area contributed by atoms with E-state index in [-0.39, 0.29) is 11.0 Å². The minimum atomic E-state index is -3.70. The quantitative estimate of drug-likeness (QED) is 0.817. The van der Waals surface area contributed by atoms with Gasteiger partial charge >= 0.3 is 5.97 Å². The topological polar surface area (TPSA) is 90.3 Å². The standard InChI is InChI=1S/C15H19N3O4S/c1-4-18-10-14(9-16-18)23(20,21)17-13-7-5-12(6-8-13)15(19)22-11(2)3/h5-11,17H,4H2,1-3H3. The fourth-order valence-electron chi connectivity index (χ4n) is 1.83. The average Bonchev–Trinajstić information content (AvgIpc) is 2.96. The first kappa shape index (κ1) is 17.0. The highest BCUT2D eigenvalue weighted by Gasteiger charge is 2.17. The van der Waals surface area contributed by atoms with Gasteiger partial charge in [0.25, 0.3) is 10.0 Å². The predicted octanol–water partition coefficient (Wildman–Crippen LogP) is 2.27. The molecular weight excluding hydrogens is 318 g/mol. The van der Waals surface area contributed by atoms with Gasteiger partial charge < -0.3 is 4.74 Å². The third-order valence-electron chi connectivity index (χ3n) is 2.96. The minimum Gasteiger partial charge on any atom is -0.459 e. The van der Waals surface area contributed by atoms with Crippen molar-refractivity contribution in [3.63, 3.8) is 0 Å². The summed E-state index contributed by atoms with van der Waals surface area (Å²) >= 11 is 0. The van der Waals surface area contributed by atoms with Crippen LogP contribution in [0.3, 0.4) is 0 Å². The Kier molecular flexibility index (Phi) is 5.05. The number of sulfonamides is 1. The van der Waals surface area contributed by atoms with E-state index in [0.29, 0.717) is 17.8 Å². The molecule has 2 rings (SSSR count). The van der Waals surface area contributed by atoms with Gasteiger partial charge in [-0.25, -0.2) is 13.2 Å². The highest BCUT2D eigenvalue weighted by Crippen LogP contribution is 2.17. The zero-order valence-electron chi connectivity index (χ0n) is 13.2. The lowest BCUT2D eigenvalue weighted by Gasteiger charge is -2.09. The van der Waals surface area contributed by atoms with E-state index in [1.807, 2.05) is 6.92 Å². The van der Waals surface area contributed by atoms with Gasteiger partial charge in [0, 0.05) is 18.4 Å². The Morgan fingerprint density at radius 3 is 2.48 bits per heavy atom. The van der Waals surface area contributed by atoms with Crippen molar-refractivity contribution >= 4 is 21.7 Å². The van der Waals surface area contributed by atoms with Crippen molar-refractivity contribution in [3.8, 4) is 0 Å². The van der Waals surface area contributed by atoms with Gasteiger partial charge in [-0.05, 0) is 45.0 Å². The summed E-state index contributed by atoms with van der Waals surface area (Å²) in [4.78, 5) is 11.8. The molecule has 1 aromatic heterocycles. The molecular formula is C15H19N3O4S. The summed E-state index contributed by atoms with van der Waals surface area (Å²) in [5.41, 5.74) is 0.718. The van der Waals surface area contributed by atoms with E-state index in [2.05, 4.69) is 9.82 Å². The number of rotatable bonds is 6. The van der Waals surface area contributed by atoms with Crippen molar-refractivity contribution in [2.75, 3.05) is 4.72 Å². The molecule has 0 fully saturated rings. The van der Waals surface area contributed by atoms with Crippen molar-refractivity contribution < 1.29 is 17.9 Å². The van der Waals surface area contributed by atoms with Crippen LogP contribution in [0.1, 0.15) is 31.1 Å². The van der Waals surface area contributed by atoms with E-state index in [4.69, 9.17) is 4.74 Å². The smallest absolute Gasteiger partial charge is 0.338 e. The molecule has 1 N–H and O–H groups in total. The molecule has 124 valence electrons. The number of ether oxygens (including phenoxy) is 1. The van der Waals surface area contributed by atoms with Crippen molar-refractivity contribution in [2.24, 2.45) is 0 Å². The van der Waals surface area contributed by atoms with Crippen molar-refractivity contribution in [1.29, 1.82) is 0 Å². The molecule has 7 nitrogen and oxygen atoms in total. The Morgan fingerprint density at radius 1 is 1.30 bits per heavy atom. The monoisotopic (exact) mass is 337 g/mol. The summed E-state index contributed by atoms with van der Waals surface area (Å²) in [6.07, 6.45) is 2.53. The largest absolute Gasteiger partial charge is 0.459 e. The third-order valence-corrected chi connectivity index (χ3v) is 4.30. The van der Waals surface area contributed by atoms with Crippen LogP contribution >= 0.6 is 0 Å². The number of carbonyl (C=O) groups is 1. The molecule has 0 saturated heterocycles. The van der Waals surface area contributed by atoms with Crippen LogP contribution in [0, 0.1) is 0 Å². The number of esters is 1. The van der Waals surface area contributed by atoms with E-state index in [1.54, 1.807) is 13.8 Å². The van der Waals surface area contributed by atoms with Gasteiger partial charge in [-0.2, -0.15) is 5.10 Å². The number of nitrogens with zero attached hydrogens (tertiary/aromatic N) is 2. The predicted molar refractivity (Wildman–Crippen MR) is 85.7 cm³/mol. The molecule has 0 unspecified atom stereocenters. The number of carbonyl (C=O) groups excluding carboxylic acids is 1. The van der Waals surface area contributed by atoms with Gasteiger partial charge in [0.1, 0.15) is 4.90 Å². The van der Waals surface area contributed by atoms with Crippen LogP contribution in [0.4, 0.5) is 5.69 Å². The molecule has 1 heterocycles. The average molecular weight is 337 g/mol. The summed E-state index contributed by atoms with van der Waals surface area (Å²) in [7, 11) is -3.70. The second-order valence-electron chi connectivity index (χ2n) is 5.17. The second kappa shape index (κ2) is 6.82. The van der Waals surface area contributed by atoms with Gasteiger partial charge in [0.2, 0.25) is 0 Å². The van der Waals surface area contributed by atoms with Crippen LogP contribution in [-0.4, -0.2) is 30.3 Å². The molecule has 0 aliphatic heterocycles. The number of hydrogen-bond acceptors (Lipinski definition) is 5. The van der Waals surface area contributed by atoms with E-state index < -0.39 is 16.0 Å². The van der Waals surface area contributed by atoms with Gasteiger partial charge in [-0.3, -0.25) is 9.40 Å². The first-order valence-corrected chi connectivity index (χ1v) is 8.66. The van der Waals surface area contributed by atoms with E-state index in [0.717, 1.165) is 0 Å². The lowest BCUT2D eigenvalue weighted by atomic mass is 10.2. The minimum absolute atomic E-state index is 0.0858. The Balaban J connectivity index is 2.12. The number of aryl methyl sites for hydroxylation is 1. The molecule has 0 radical (unpaired) electrons. The molecule has 0 aliphatic carbocycles. The van der Waals surface area contributed by atoms with Crippen molar-refractivity contribution in [1.82, 2.24) is 9.78 Å². The van der Waals surface area contributed by atoms with Crippen LogP contribution < -0.4 is 4.72 Å². The van der Waals surface area contributed by atoms with Crippen LogP contribution in [0.5, 0.6) is 0 Å². The number of hydrogen-bond donors (Lipinski definition) is 1. The SMILES string of the molecule is CCn1cc(S(=O)(=O)Nc2ccc(C(=O)OC(C)C)cc2)cn1. The molecule has 8 heteroatoms. The van der Waals surface area contributed by atoms with E-state index in [1.165, 1.54) is 41.3 Å².